The standard InChI is InChI=1S/C13H16N2O2S/c1-9-4-2-3-5-11(9)14-13(18)15-7-6-10(8-15)12(16)17/h2-5,10H,6-8H2,1H3,(H,14,18)(H,16,17). The van der Waals surface area contributed by atoms with Gasteiger partial charge in [-0.1, -0.05) is 18.2 Å². The van der Waals surface area contributed by atoms with Crippen LogP contribution < -0.4 is 5.32 Å². The lowest BCUT2D eigenvalue weighted by Gasteiger charge is -2.20. The Labute approximate surface area is 112 Å². The van der Waals surface area contributed by atoms with E-state index in [1.165, 1.54) is 0 Å². The number of hydrogen-bond acceptors (Lipinski definition) is 2. The molecule has 18 heavy (non-hydrogen) atoms. The molecular weight excluding hydrogens is 248 g/mol. The summed E-state index contributed by atoms with van der Waals surface area (Å²) in [6.45, 7) is 3.21. The molecular formula is C13H16N2O2S. The van der Waals surface area contributed by atoms with Gasteiger partial charge in [0.15, 0.2) is 5.11 Å². The fraction of sp³-hybridized carbons (Fsp3) is 0.385. The number of carbonyl (C=O) groups is 1. The van der Waals surface area contributed by atoms with Crippen molar-refractivity contribution in [1.29, 1.82) is 0 Å². The minimum absolute atomic E-state index is 0.304. The van der Waals surface area contributed by atoms with E-state index < -0.39 is 5.97 Å². The first-order valence-electron chi connectivity index (χ1n) is 5.92. The Balaban J connectivity index is 1.98. The Kier molecular flexibility index (Phi) is 3.81. The number of para-hydroxylation sites is 1. The number of benzene rings is 1. The Morgan fingerprint density at radius 3 is 2.83 bits per heavy atom. The summed E-state index contributed by atoms with van der Waals surface area (Å²) < 4.78 is 0. The predicted octanol–water partition coefficient (Wildman–Crippen LogP) is 2.10. The van der Waals surface area contributed by atoms with Crippen LogP contribution in [0.3, 0.4) is 0 Å². The number of thiocarbonyl (C=S) groups is 1. The molecule has 1 aliphatic heterocycles. The first-order chi connectivity index (χ1) is 8.58. The minimum Gasteiger partial charge on any atom is -0.481 e. The Morgan fingerprint density at radius 2 is 2.22 bits per heavy atom. The van der Waals surface area contributed by atoms with E-state index in [0.29, 0.717) is 24.6 Å². The molecule has 1 heterocycles. The number of rotatable bonds is 2. The summed E-state index contributed by atoms with van der Waals surface area (Å²) in [5.41, 5.74) is 2.09. The molecule has 96 valence electrons. The number of carboxylic acids is 1. The van der Waals surface area contributed by atoms with E-state index in [2.05, 4.69) is 5.32 Å². The van der Waals surface area contributed by atoms with Gasteiger partial charge >= 0.3 is 5.97 Å². The summed E-state index contributed by atoms with van der Waals surface area (Å²) in [6, 6.07) is 7.89. The zero-order valence-electron chi connectivity index (χ0n) is 10.2. The molecule has 0 aliphatic carbocycles. The number of aliphatic carboxylic acids is 1. The molecule has 1 unspecified atom stereocenters. The minimum atomic E-state index is -0.740. The van der Waals surface area contributed by atoms with Crippen molar-refractivity contribution >= 4 is 29.0 Å². The fourth-order valence-corrected chi connectivity index (χ4v) is 2.33. The lowest BCUT2D eigenvalue weighted by molar-refractivity contribution is -0.141. The average Bonchev–Trinajstić information content (AvgIpc) is 2.81. The first kappa shape index (κ1) is 12.8. The van der Waals surface area contributed by atoms with Gasteiger partial charge in [0, 0.05) is 18.8 Å². The van der Waals surface area contributed by atoms with Gasteiger partial charge < -0.3 is 15.3 Å². The van der Waals surface area contributed by atoms with E-state index in [4.69, 9.17) is 17.3 Å². The largest absolute Gasteiger partial charge is 0.481 e. The van der Waals surface area contributed by atoms with Gasteiger partial charge in [-0.2, -0.15) is 0 Å². The highest BCUT2D eigenvalue weighted by molar-refractivity contribution is 7.80. The van der Waals surface area contributed by atoms with Crippen LogP contribution in [0.25, 0.3) is 0 Å². The summed E-state index contributed by atoms with van der Waals surface area (Å²) in [4.78, 5) is 12.8. The molecule has 0 bridgehead atoms. The van der Waals surface area contributed by atoms with E-state index in [0.717, 1.165) is 11.3 Å². The van der Waals surface area contributed by atoms with Crippen LogP contribution in [0.5, 0.6) is 0 Å². The lowest BCUT2D eigenvalue weighted by atomic mass is 10.1. The highest BCUT2D eigenvalue weighted by atomic mass is 32.1. The van der Waals surface area contributed by atoms with Crippen LogP contribution in [-0.2, 0) is 4.79 Å². The van der Waals surface area contributed by atoms with Crippen molar-refractivity contribution in [2.45, 2.75) is 13.3 Å². The van der Waals surface area contributed by atoms with Crippen LogP contribution in [0.2, 0.25) is 0 Å². The Morgan fingerprint density at radius 1 is 1.50 bits per heavy atom. The van der Waals surface area contributed by atoms with Gasteiger partial charge in [-0.3, -0.25) is 4.79 Å². The van der Waals surface area contributed by atoms with Crippen LogP contribution >= 0.6 is 12.2 Å². The number of aryl methyl sites for hydroxylation is 1. The molecule has 0 spiro atoms. The van der Waals surface area contributed by atoms with Crippen LogP contribution in [0.15, 0.2) is 24.3 Å². The number of nitrogens with one attached hydrogen (secondary N) is 1. The van der Waals surface area contributed by atoms with Crippen LogP contribution in [-0.4, -0.2) is 34.2 Å². The molecule has 0 saturated carbocycles. The molecule has 1 saturated heterocycles. The molecule has 1 aromatic carbocycles. The zero-order valence-corrected chi connectivity index (χ0v) is 11.0. The fourth-order valence-electron chi connectivity index (χ4n) is 2.05. The molecule has 1 fully saturated rings. The first-order valence-corrected chi connectivity index (χ1v) is 6.33. The molecule has 0 radical (unpaired) electrons. The van der Waals surface area contributed by atoms with E-state index in [-0.39, 0.29) is 5.92 Å². The average molecular weight is 264 g/mol. The molecule has 0 aromatic heterocycles. The summed E-state index contributed by atoms with van der Waals surface area (Å²) in [5, 5.41) is 12.7. The maximum absolute atomic E-state index is 10.9. The van der Waals surface area contributed by atoms with Gasteiger partial charge in [-0.25, -0.2) is 0 Å². The normalized spacial score (nSPS) is 18.7. The number of hydrogen-bond donors (Lipinski definition) is 2. The molecule has 5 heteroatoms. The quantitative estimate of drug-likeness (QED) is 0.801. The maximum Gasteiger partial charge on any atom is 0.308 e. The van der Waals surface area contributed by atoms with Crippen molar-refractivity contribution in [2.24, 2.45) is 5.92 Å². The third-order valence-electron chi connectivity index (χ3n) is 3.21. The molecule has 1 aromatic rings. The van der Waals surface area contributed by atoms with Gasteiger partial charge in [-0.05, 0) is 37.2 Å². The van der Waals surface area contributed by atoms with Crippen molar-refractivity contribution in [2.75, 3.05) is 18.4 Å². The molecule has 4 nitrogen and oxygen atoms in total. The number of carboxylic acid groups (broad SMARTS) is 1. The van der Waals surface area contributed by atoms with Crippen LogP contribution in [0.1, 0.15) is 12.0 Å². The summed E-state index contributed by atoms with van der Waals surface area (Å²) >= 11 is 5.32. The summed E-state index contributed by atoms with van der Waals surface area (Å²) in [6.07, 6.45) is 0.658. The SMILES string of the molecule is Cc1ccccc1NC(=S)N1CCC(C(=O)O)C1. The molecule has 1 aliphatic rings. The van der Waals surface area contributed by atoms with Gasteiger partial charge in [0.05, 0.1) is 5.92 Å². The zero-order chi connectivity index (χ0) is 13.1. The second kappa shape index (κ2) is 5.35. The smallest absolute Gasteiger partial charge is 0.308 e. The van der Waals surface area contributed by atoms with Crippen molar-refractivity contribution < 1.29 is 9.90 Å². The lowest BCUT2D eigenvalue weighted by Crippen LogP contribution is -2.33. The molecule has 2 rings (SSSR count). The third kappa shape index (κ3) is 2.79. The van der Waals surface area contributed by atoms with Gasteiger partial charge in [0.25, 0.3) is 0 Å². The molecule has 2 N–H and O–H groups in total. The topological polar surface area (TPSA) is 52.6 Å². The highest BCUT2D eigenvalue weighted by Gasteiger charge is 2.29. The second-order valence-electron chi connectivity index (χ2n) is 4.51. The van der Waals surface area contributed by atoms with Crippen molar-refractivity contribution in [3.05, 3.63) is 29.8 Å². The molecule has 0 amide bonds. The molecule has 1 atom stereocenters. The van der Waals surface area contributed by atoms with E-state index in [1.807, 2.05) is 36.1 Å². The van der Waals surface area contributed by atoms with Crippen LogP contribution in [0.4, 0.5) is 5.69 Å². The van der Waals surface area contributed by atoms with E-state index in [9.17, 15) is 4.79 Å². The summed E-state index contributed by atoms with van der Waals surface area (Å²) in [7, 11) is 0. The monoisotopic (exact) mass is 264 g/mol. The third-order valence-corrected chi connectivity index (χ3v) is 3.57. The number of likely N-dealkylation sites (tertiary alicyclic amines) is 1. The van der Waals surface area contributed by atoms with E-state index in [1.54, 1.807) is 0 Å². The summed E-state index contributed by atoms with van der Waals surface area (Å²) in [5.74, 6) is -1.04. The van der Waals surface area contributed by atoms with E-state index >= 15 is 0 Å². The second-order valence-corrected chi connectivity index (χ2v) is 4.90. The highest BCUT2D eigenvalue weighted by Crippen LogP contribution is 2.19. The van der Waals surface area contributed by atoms with Crippen molar-refractivity contribution in [3.63, 3.8) is 0 Å². The number of nitrogens with zero attached hydrogens (tertiary/aromatic N) is 1. The Bertz CT molecular complexity index is 476. The maximum atomic E-state index is 10.9. The number of anilines is 1. The van der Waals surface area contributed by atoms with Gasteiger partial charge in [0.1, 0.15) is 0 Å². The van der Waals surface area contributed by atoms with Crippen LogP contribution in [0, 0.1) is 12.8 Å². The van der Waals surface area contributed by atoms with Gasteiger partial charge in [0.2, 0.25) is 0 Å². The van der Waals surface area contributed by atoms with Crippen molar-refractivity contribution in [1.82, 2.24) is 4.90 Å². The van der Waals surface area contributed by atoms with Gasteiger partial charge in [-0.15, -0.1) is 0 Å². The van der Waals surface area contributed by atoms with Crippen molar-refractivity contribution in [3.8, 4) is 0 Å². The predicted molar refractivity (Wildman–Crippen MR) is 74.7 cm³/mol. The Hall–Kier alpha value is -1.62.